The number of nitrogens with zero attached hydrogens (tertiary/aromatic N) is 2. The van der Waals surface area contributed by atoms with Gasteiger partial charge in [0.15, 0.2) is 5.69 Å². The number of benzene rings is 1. The summed E-state index contributed by atoms with van der Waals surface area (Å²) in [7, 11) is 0. The predicted octanol–water partition coefficient (Wildman–Crippen LogP) is 2.40. The van der Waals surface area contributed by atoms with E-state index in [0.29, 0.717) is 12.2 Å². The van der Waals surface area contributed by atoms with Crippen molar-refractivity contribution in [1.82, 2.24) is 15.1 Å². The standard InChI is InChI=1S/C17H21N3O2/c1-12-5-7-14(8-6-12)20-13(2)10-16(19-20)17(21)18-11-15-4-3-9-22-15/h5-8,10,15H,3-4,9,11H2,1-2H3,(H,18,21). The quantitative estimate of drug-likeness (QED) is 0.943. The van der Waals surface area contributed by atoms with E-state index in [1.807, 2.05) is 44.2 Å². The van der Waals surface area contributed by atoms with Gasteiger partial charge in [-0.15, -0.1) is 0 Å². The number of ether oxygens (including phenoxy) is 1. The zero-order chi connectivity index (χ0) is 15.5. The van der Waals surface area contributed by atoms with Gasteiger partial charge in [0.2, 0.25) is 0 Å². The summed E-state index contributed by atoms with van der Waals surface area (Å²) in [6.45, 7) is 5.34. The van der Waals surface area contributed by atoms with Gasteiger partial charge in [0.25, 0.3) is 5.91 Å². The highest BCUT2D eigenvalue weighted by molar-refractivity contribution is 5.92. The first-order chi connectivity index (χ1) is 10.6. The number of aromatic nitrogens is 2. The zero-order valence-corrected chi connectivity index (χ0v) is 13.0. The van der Waals surface area contributed by atoms with Crippen LogP contribution in [-0.2, 0) is 4.74 Å². The summed E-state index contributed by atoms with van der Waals surface area (Å²) in [5.41, 5.74) is 3.53. The highest BCUT2D eigenvalue weighted by atomic mass is 16.5. The van der Waals surface area contributed by atoms with Crippen LogP contribution in [0.3, 0.4) is 0 Å². The maximum Gasteiger partial charge on any atom is 0.271 e. The Bertz CT molecular complexity index is 655. The van der Waals surface area contributed by atoms with E-state index in [1.54, 1.807) is 4.68 Å². The number of amides is 1. The number of aryl methyl sites for hydroxylation is 2. The van der Waals surface area contributed by atoms with E-state index < -0.39 is 0 Å². The molecule has 0 aliphatic carbocycles. The summed E-state index contributed by atoms with van der Waals surface area (Å²) in [5.74, 6) is -0.149. The third-order valence-corrected chi connectivity index (χ3v) is 3.91. The fourth-order valence-electron chi connectivity index (χ4n) is 2.64. The summed E-state index contributed by atoms with van der Waals surface area (Å²) >= 11 is 0. The zero-order valence-electron chi connectivity index (χ0n) is 13.0. The van der Waals surface area contributed by atoms with Gasteiger partial charge < -0.3 is 10.1 Å². The average molecular weight is 299 g/mol. The second-order valence-electron chi connectivity index (χ2n) is 5.76. The van der Waals surface area contributed by atoms with Crippen molar-refractivity contribution < 1.29 is 9.53 Å². The lowest BCUT2D eigenvalue weighted by atomic mass is 10.2. The number of carbonyl (C=O) groups excluding carboxylic acids is 1. The molecule has 2 heterocycles. The van der Waals surface area contributed by atoms with E-state index in [4.69, 9.17) is 4.74 Å². The Morgan fingerprint density at radius 2 is 2.14 bits per heavy atom. The smallest absolute Gasteiger partial charge is 0.271 e. The summed E-state index contributed by atoms with van der Waals surface area (Å²) in [5, 5.41) is 7.32. The fraction of sp³-hybridized carbons (Fsp3) is 0.412. The second kappa shape index (κ2) is 6.32. The lowest BCUT2D eigenvalue weighted by Gasteiger charge is -2.09. The van der Waals surface area contributed by atoms with Crippen LogP contribution in [0, 0.1) is 13.8 Å². The second-order valence-corrected chi connectivity index (χ2v) is 5.76. The van der Waals surface area contributed by atoms with Crippen LogP contribution in [0.1, 0.15) is 34.6 Å². The van der Waals surface area contributed by atoms with Crippen LogP contribution in [0.25, 0.3) is 5.69 Å². The van der Waals surface area contributed by atoms with Gasteiger partial charge >= 0.3 is 0 Å². The van der Waals surface area contributed by atoms with Gasteiger partial charge in [-0.1, -0.05) is 17.7 Å². The molecule has 1 saturated heterocycles. The largest absolute Gasteiger partial charge is 0.376 e. The molecule has 0 bridgehead atoms. The Morgan fingerprint density at radius 3 is 2.82 bits per heavy atom. The lowest BCUT2D eigenvalue weighted by Crippen LogP contribution is -2.32. The minimum atomic E-state index is -0.149. The highest BCUT2D eigenvalue weighted by Gasteiger charge is 2.18. The maximum atomic E-state index is 12.2. The highest BCUT2D eigenvalue weighted by Crippen LogP contribution is 2.14. The first kappa shape index (κ1) is 14.8. The van der Waals surface area contributed by atoms with Crippen molar-refractivity contribution >= 4 is 5.91 Å². The van der Waals surface area contributed by atoms with E-state index in [2.05, 4.69) is 10.4 Å². The molecule has 1 aliphatic rings. The van der Waals surface area contributed by atoms with Crippen molar-refractivity contribution in [2.24, 2.45) is 0 Å². The molecule has 0 radical (unpaired) electrons. The van der Waals surface area contributed by atoms with Crippen LogP contribution >= 0.6 is 0 Å². The number of hydrogen-bond donors (Lipinski definition) is 1. The minimum Gasteiger partial charge on any atom is -0.376 e. The lowest BCUT2D eigenvalue weighted by molar-refractivity contribution is 0.0853. The molecule has 1 fully saturated rings. The molecule has 1 aliphatic heterocycles. The molecule has 1 N–H and O–H groups in total. The molecule has 22 heavy (non-hydrogen) atoms. The molecule has 0 spiro atoms. The molecular formula is C17H21N3O2. The first-order valence-electron chi connectivity index (χ1n) is 7.67. The molecule has 2 aromatic rings. The van der Waals surface area contributed by atoms with Crippen molar-refractivity contribution in [1.29, 1.82) is 0 Å². The van der Waals surface area contributed by atoms with Gasteiger partial charge in [-0.25, -0.2) is 4.68 Å². The normalized spacial score (nSPS) is 17.6. The van der Waals surface area contributed by atoms with Crippen LogP contribution in [0.5, 0.6) is 0 Å². The Labute approximate surface area is 130 Å². The Morgan fingerprint density at radius 1 is 1.36 bits per heavy atom. The molecule has 0 saturated carbocycles. The molecule has 5 nitrogen and oxygen atoms in total. The van der Waals surface area contributed by atoms with Gasteiger partial charge in [-0.2, -0.15) is 5.10 Å². The molecule has 1 unspecified atom stereocenters. The SMILES string of the molecule is Cc1ccc(-n2nc(C(=O)NCC3CCCO3)cc2C)cc1. The molecule has 1 amide bonds. The Balaban J connectivity index is 1.70. The van der Waals surface area contributed by atoms with Gasteiger partial charge in [-0.05, 0) is 44.9 Å². The molecule has 3 rings (SSSR count). The fourth-order valence-corrected chi connectivity index (χ4v) is 2.64. The average Bonchev–Trinajstić information content (AvgIpc) is 3.15. The third-order valence-electron chi connectivity index (χ3n) is 3.91. The number of carbonyl (C=O) groups is 1. The van der Waals surface area contributed by atoms with Gasteiger partial charge in [0.1, 0.15) is 0 Å². The number of rotatable bonds is 4. The van der Waals surface area contributed by atoms with Crippen molar-refractivity contribution in [2.45, 2.75) is 32.8 Å². The van der Waals surface area contributed by atoms with Crippen LogP contribution in [0.2, 0.25) is 0 Å². The molecule has 1 atom stereocenters. The van der Waals surface area contributed by atoms with Crippen molar-refractivity contribution in [2.75, 3.05) is 13.2 Å². The van der Waals surface area contributed by atoms with Crippen molar-refractivity contribution in [3.63, 3.8) is 0 Å². The summed E-state index contributed by atoms with van der Waals surface area (Å²) in [6, 6.07) is 9.89. The van der Waals surface area contributed by atoms with Crippen LogP contribution in [0.15, 0.2) is 30.3 Å². The predicted molar refractivity (Wildman–Crippen MR) is 84.3 cm³/mol. The van der Waals surface area contributed by atoms with E-state index in [9.17, 15) is 4.79 Å². The van der Waals surface area contributed by atoms with Crippen molar-refractivity contribution in [3.8, 4) is 5.69 Å². The monoisotopic (exact) mass is 299 g/mol. The summed E-state index contributed by atoms with van der Waals surface area (Å²) < 4.78 is 7.30. The number of hydrogen-bond acceptors (Lipinski definition) is 3. The topological polar surface area (TPSA) is 56.2 Å². The van der Waals surface area contributed by atoms with E-state index in [0.717, 1.165) is 30.8 Å². The van der Waals surface area contributed by atoms with E-state index in [-0.39, 0.29) is 12.0 Å². The first-order valence-corrected chi connectivity index (χ1v) is 7.67. The Hall–Kier alpha value is -2.14. The van der Waals surface area contributed by atoms with Gasteiger partial charge in [0, 0.05) is 18.8 Å². The third kappa shape index (κ3) is 3.20. The van der Waals surface area contributed by atoms with Crippen molar-refractivity contribution in [3.05, 3.63) is 47.3 Å². The Kier molecular flexibility index (Phi) is 4.24. The molecular weight excluding hydrogens is 278 g/mol. The van der Waals surface area contributed by atoms with E-state index >= 15 is 0 Å². The summed E-state index contributed by atoms with van der Waals surface area (Å²) in [6.07, 6.45) is 2.22. The number of nitrogens with one attached hydrogen (secondary N) is 1. The van der Waals surface area contributed by atoms with Crippen LogP contribution in [0.4, 0.5) is 0 Å². The minimum absolute atomic E-state index is 0.143. The van der Waals surface area contributed by atoms with Gasteiger partial charge in [-0.3, -0.25) is 4.79 Å². The van der Waals surface area contributed by atoms with Crippen LogP contribution < -0.4 is 5.32 Å². The van der Waals surface area contributed by atoms with Gasteiger partial charge in [0.05, 0.1) is 11.8 Å². The maximum absolute atomic E-state index is 12.2. The molecule has 1 aromatic carbocycles. The van der Waals surface area contributed by atoms with Crippen LogP contribution in [-0.4, -0.2) is 34.9 Å². The van der Waals surface area contributed by atoms with E-state index in [1.165, 1.54) is 5.56 Å². The molecule has 1 aromatic heterocycles. The molecule has 116 valence electrons. The molecule has 5 heteroatoms. The summed E-state index contributed by atoms with van der Waals surface area (Å²) in [4.78, 5) is 12.2.